The fourth-order valence-corrected chi connectivity index (χ4v) is 4.80. The maximum Gasteiger partial charge on any atom is 0.490 e. The maximum absolute atomic E-state index is 14.3. The first kappa shape index (κ1) is 33.3. The highest BCUT2D eigenvalue weighted by atomic mass is 19.4. The van der Waals surface area contributed by atoms with Crippen LogP contribution in [0.1, 0.15) is 50.4 Å². The van der Waals surface area contributed by atoms with Gasteiger partial charge in [-0.1, -0.05) is 26.0 Å². The SMILES string of the molecule is Cc1nc[nH]c1-c1ccc2oc3cc([C@H](N[C@@H](CC(C)C)C(=O)NC4(C#N)CC4)C(F)(F)F)ccc3c2c1.O=C(O)C(F)(F)F. The number of rotatable bonds is 8. The number of carbonyl (C=O) groups excluding carboxylic acids is 1. The summed E-state index contributed by atoms with van der Waals surface area (Å²) in [6, 6.07) is 8.82. The van der Waals surface area contributed by atoms with Crippen LogP contribution in [0.4, 0.5) is 26.3 Å². The molecule has 4 aromatic rings. The van der Waals surface area contributed by atoms with E-state index in [-0.39, 0.29) is 17.9 Å². The number of aromatic nitrogens is 2. The third-order valence-corrected chi connectivity index (χ3v) is 7.23. The largest absolute Gasteiger partial charge is 0.490 e. The van der Waals surface area contributed by atoms with Crippen molar-refractivity contribution in [3.63, 3.8) is 0 Å². The molecule has 1 aliphatic carbocycles. The number of nitrogens with zero attached hydrogens (tertiary/aromatic N) is 2. The van der Waals surface area contributed by atoms with Gasteiger partial charge in [0.15, 0.2) is 0 Å². The molecule has 2 aromatic heterocycles. The van der Waals surface area contributed by atoms with E-state index in [0.717, 1.165) is 22.3 Å². The lowest BCUT2D eigenvalue weighted by atomic mass is 9.98. The predicted octanol–water partition coefficient (Wildman–Crippen LogP) is 6.70. The number of aromatic amines is 1. The number of H-pyrrole nitrogens is 1. The van der Waals surface area contributed by atoms with Gasteiger partial charge < -0.3 is 19.8 Å². The summed E-state index contributed by atoms with van der Waals surface area (Å²) in [7, 11) is 0. The van der Waals surface area contributed by atoms with Crippen LogP contribution in [0.5, 0.6) is 0 Å². The molecule has 2 aromatic carbocycles. The van der Waals surface area contributed by atoms with Crippen molar-refractivity contribution in [2.24, 2.45) is 5.92 Å². The Morgan fingerprint density at radius 3 is 2.27 bits per heavy atom. The zero-order chi connectivity index (χ0) is 33.3. The number of fused-ring (bicyclic) bond motifs is 3. The molecule has 15 heteroatoms. The smallest absolute Gasteiger partial charge is 0.475 e. The molecule has 0 unspecified atom stereocenters. The van der Waals surface area contributed by atoms with Crippen LogP contribution in [0.15, 0.2) is 47.1 Å². The molecule has 1 saturated carbocycles. The third-order valence-electron chi connectivity index (χ3n) is 7.23. The highest BCUT2D eigenvalue weighted by Crippen LogP contribution is 2.39. The average Bonchev–Trinajstić information content (AvgIpc) is 3.43. The number of benzene rings is 2. The van der Waals surface area contributed by atoms with Crippen LogP contribution in [0.2, 0.25) is 0 Å². The maximum atomic E-state index is 14.3. The summed E-state index contributed by atoms with van der Waals surface area (Å²) in [6.45, 7) is 5.56. The third kappa shape index (κ3) is 7.75. The van der Waals surface area contributed by atoms with Crippen LogP contribution in [0.3, 0.4) is 0 Å². The fourth-order valence-electron chi connectivity index (χ4n) is 4.80. The van der Waals surface area contributed by atoms with E-state index in [0.29, 0.717) is 29.4 Å². The van der Waals surface area contributed by atoms with Crippen LogP contribution in [-0.2, 0) is 9.59 Å². The number of aliphatic carboxylic acids is 1. The number of furan rings is 1. The molecule has 5 rings (SSSR count). The van der Waals surface area contributed by atoms with Crippen molar-refractivity contribution in [3.05, 3.63) is 54.0 Å². The minimum absolute atomic E-state index is 0.0464. The van der Waals surface area contributed by atoms with E-state index < -0.39 is 41.9 Å². The number of hydrogen-bond donors (Lipinski definition) is 4. The molecule has 9 nitrogen and oxygen atoms in total. The van der Waals surface area contributed by atoms with Gasteiger partial charge in [-0.25, -0.2) is 9.78 Å². The van der Waals surface area contributed by atoms with Crippen molar-refractivity contribution in [2.75, 3.05) is 0 Å². The normalized spacial score (nSPS) is 15.7. The topological polar surface area (TPSA) is 144 Å². The molecule has 0 saturated heterocycles. The molecule has 240 valence electrons. The Hall–Kier alpha value is -4.58. The Bertz CT molecular complexity index is 1750. The Morgan fingerprint density at radius 1 is 1.09 bits per heavy atom. The fraction of sp³-hybridized carbons (Fsp3) is 0.400. The predicted molar refractivity (Wildman–Crippen MR) is 151 cm³/mol. The highest BCUT2D eigenvalue weighted by molar-refractivity contribution is 6.06. The van der Waals surface area contributed by atoms with E-state index in [1.54, 1.807) is 18.5 Å². The number of carboxylic acids is 1. The van der Waals surface area contributed by atoms with E-state index in [1.807, 2.05) is 32.9 Å². The lowest BCUT2D eigenvalue weighted by molar-refractivity contribution is -0.192. The standard InChI is InChI=1S/C28H28F3N5O2.C2HF3O2/c1-15(2)10-21(26(37)36-27(13-32)8-9-27)35-25(28(29,30)31)18-4-6-19-20-11-17(24-16(3)33-14-34-24)5-7-22(20)38-23(19)12-18;3-2(4,5)1(6)7/h4-7,11-12,14-15,21,25,35H,8-10H2,1-3H3,(H,33,34)(H,36,37);(H,6,7)/t21-,25-;/m0./s1. The molecule has 1 aliphatic rings. The lowest BCUT2D eigenvalue weighted by Gasteiger charge is -2.29. The van der Waals surface area contributed by atoms with Gasteiger partial charge in [0.2, 0.25) is 5.91 Å². The van der Waals surface area contributed by atoms with E-state index in [1.165, 1.54) is 12.1 Å². The van der Waals surface area contributed by atoms with Gasteiger partial charge in [0, 0.05) is 16.3 Å². The molecule has 2 heterocycles. The van der Waals surface area contributed by atoms with E-state index >= 15 is 0 Å². The number of nitrogens with one attached hydrogen (secondary N) is 3. The van der Waals surface area contributed by atoms with Crippen molar-refractivity contribution in [1.29, 1.82) is 5.26 Å². The second-order valence-electron chi connectivity index (χ2n) is 11.2. The molecule has 0 aliphatic heterocycles. The van der Waals surface area contributed by atoms with Crippen molar-refractivity contribution in [1.82, 2.24) is 20.6 Å². The number of alkyl halides is 6. The number of nitriles is 1. The van der Waals surface area contributed by atoms with Gasteiger partial charge in [-0.2, -0.15) is 31.6 Å². The first-order chi connectivity index (χ1) is 20.9. The van der Waals surface area contributed by atoms with Crippen LogP contribution in [0.25, 0.3) is 33.2 Å². The number of halogens is 6. The van der Waals surface area contributed by atoms with Gasteiger partial charge in [-0.15, -0.1) is 0 Å². The van der Waals surface area contributed by atoms with E-state index in [9.17, 15) is 36.4 Å². The molecule has 2 atom stereocenters. The Labute approximate surface area is 252 Å². The first-order valence-electron chi connectivity index (χ1n) is 13.8. The molecule has 4 N–H and O–H groups in total. The zero-order valence-electron chi connectivity index (χ0n) is 24.2. The minimum atomic E-state index is -5.08. The van der Waals surface area contributed by atoms with Crippen LogP contribution in [-0.4, -0.2) is 50.9 Å². The number of carboxylic acid groups (broad SMARTS) is 1. The van der Waals surface area contributed by atoms with Gasteiger partial charge in [-0.3, -0.25) is 10.1 Å². The number of aryl methyl sites for hydroxylation is 1. The van der Waals surface area contributed by atoms with Gasteiger partial charge in [0.1, 0.15) is 22.7 Å². The van der Waals surface area contributed by atoms with Crippen LogP contribution in [0, 0.1) is 24.2 Å². The summed E-state index contributed by atoms with van der Waals surface area (Å²) >= 11 is 0. The molecule has 0 bridgehead atoms. The quantitative estimate of drug-likeness (QED) is 0.158. The molecular formula is C30H29F6N5O4. The molecule has 0 spiro atoms. The van der Waals surface area contributed by atoms with Crippen LogP contribution >= 0.6 is 0 Å². The number of hydrogen-bond acceptors (Lipinski definition) is 6. The Kier molecular flexibility index (Phi) is 9.20. The van der Waals surface area contributed by atoms with E-state index in [2.05, 4.69) is 26.7 Å². The molecule has 45 heavy (non-hydrogen) atoms. The first-order valence-corrected chi connectivity index (χ1v) is 13.8. The van der Waals surface area contributed by atoms with Gasteiger partial charge in [0.25, 0.3) is 0 Å². The Balaban J connectivity index is 0.000000591. The monoisotopic (exact) mass is 637 g/mol. The van der Waals surface area contributed by atoms with Crippen molar-refractivity contribution in [2.45, 2.75) is 70.0 Å². The summed E-state index contributed by atoms with van der Waals surface area (Å²) in [5, 5.41) is 23.1. The van der Waals surface area contributed by atoms with Crippen molar-refractivity contribution in [3.8, 4) is 17.3 Å². The average molecular weight is 638 g/mol. The van der Waals surface area contributed by atoms with Gasteiger partial charge in [0.05, 0.1) is 29.8 Å². The van der Waals surface area contributed by atoms with Gasteiger partial charge >= 0.3 is 18.3 Å². The lowest BCUT2D eigenvalue weighted by Crippen LogP contribution is -2.52. The number of imidazole rings is 1. The molecule has 0 radical (unpaired) electrons. The summed E-state index contributed by atoms with van der Waals surface area (Å²) < 4.78 is 80.7. The summed E-state index contributed by atoms with van der Waals surface area (Å²) in [5.41, 5.74) is 2.43. The van der Waals surface area contributed by atoms with Crippen molar-refractivity contribution >= 4 is 33.8 Å². The second-order valence-corrected chi connectivity index (χ2v) is 11.2. The number of amides is 1. The summed E-state index contributed by atoms with van der Waals surface area (Å²) in [4.78, 5) is 29.2. The zero-order valence-corrected chi connectivity index (χ0v) is 24.2. The Morgan fingerprint density at radius 2 is 1.76 bits per heavy atom. The van der Waals surface area contributed by atoms with Crippen molar-refractivity contribution < 1.29 is 45.5 Å². The molecule has 1 amide bonds. The van der Waals surface area contributed by atoms with Crippen LogP contribution < -0.4 is 10.6 Å². The highest BCUT2D eigenvalue weighted by Gasteiger charge is 2.47. The minimum Gasteiger partial charge on any atom is -0.475 e. The summed E-state index contributed by atoms with van der Waals surface area (Å²) in [5.74, 6) is -3.40. The molecular weight excluding hydrogens is 608 g/mol. The second kappa shape index (κ2) is 12.4. The number of carbonyl (C=O) groups is 2. The van der Waals surface area contributed by atoms with Gasteiger partial charge in [-0.05, 0) is 61.9 Å². The summed E-state index contributed by atoms with van der Waals surface area (Å²) in [6.07, 6.45) is -6.97. The van der Waals surface area contributed by atoms with E-state index in [4.69, 9.17) is 14.3 Å². The molecule has 1 fully saturated rings.